The van der Waals surface area contributed by atoms with E-state index in [9.17, 15) is 8.42 Å². The summed E-state index contributed by atoms with van der Waals surface area (Å²) >= 11 is 5.87. The molecule has 0 aliphatic carbocycles. The Balaban J connectivity index is 2.31. The Hall–Kier alpha value is -1.87. The average Bonchev–Trinajstić information content (AvgIpc) is 2.73. The fourth-order valence-electron chi connectivity index (χ4n) is 1.26. The number of nitrogens with zero attached hydrogens (tertiary/aromatic N) is 3. The van der Waals surface area contributed by atoms with Crippen LogP contribution in [0.1, 0.15) is 5.89 Å². The molecule has 0 fully saturated rings. The van der Waals surface area contributed by atoms with Gasteiger partial charge in [0.2, 0.25) is 5.89 Å². The van der Waals surface area contributed by atoms with Crippen LogP contribution in [0, 0.1) is 6.92 Å². The summed E-state index contributed by atoms with van der Waals surface area (Å²) in [5.41, 5.74) is 0. The first kappa shape index (κ1) is 13.6. The summed E-state index contributed by atoms with van der Waals surface area (Å²) < 4.78 is 31.1. The Labute approximate surface area is 114 Å². The van der Waals surface area contributed by atoms with Gasteiger partial charge in [0.25, 0.3) is 10.0 Å². The maximum absolute atomic E-state index is 12.0. The lowest BCUT2D eigenvalue weighted by Gasteiger charge is -2.06. The van der Waals surface area contributed by atoms with Crippen LogP contribution in [0.4, 0.5) is 11.8 Å². The number of pyridine rings is 1. The van der Waals surface area contributed by atoms with Crippen LogP contribution in [0.15, 0.2) is 21.6 Å². The molecule has 2 rings (SSSR count). The van der Waals surface area contributed by atoms with Crippen LogP contribution >= 0.6 is 11.6 Å². The van der Waals surface area contributed by atoms with Gasteiger partial charge < -0.3 is 9.73 Å². The fraction of sp³-hybridized carbons (Fsp3) is 0.222. The summed E-state index contributed by atoms with van der Waals surface area (Å²) in [5, 5.41) is 9.97. The predicted octanol–water partition coefficient (Wildman–Crippen LogP) is 1.27. The van der Waals surface area contributed by atoms with Crippen LogP contribution in [0.3, 0.4) is 0 Å². The van der Waals surface area contributed by atoms with Gasteiger partial charge in [-0.25, -0.2) is 18.1 Å². The van der Waals surface area contributed by atoms with Gasteiger partial charge in [-0.15, -0.1) is 5.10 Å². The van der Waals surface area contributed by atoms with E-state index >= 15 is 0 Å². The highest BCUT2D eigenvalue weighted by atomic mass is 35.5. The molecular weight excluding hydrogens is 294 g/mol. The third kappa shape index (κ3) is 2.93. The van der Waals surface area contributed by atoms with Crippen LogP contribution in [0.2, 0.25) is 5.02 Å². The summed E-state index contributed by atoms with van der Waals surface area (Å²) in [5.74, 6) is 0.633. The third-order valence-corrected chi connectivity index (χ3v) is 3.69. The number of nitrogens with one attached hydrogen (secondary N) is 2. The second-order valence-electron chi connectivity index (χ2n) is 3.48. The molecule has 2 aromatic rings. The number of aromatic nitrogens is 3. The van der Waals surface area contributed by atoms with E-state index in [1.165, 1.54) is 12.3 Å². The molecule has 19 heavy (non-hydrogen) atoms. The average molecular weight is 304 g/mol. The Morgan fingerprint density at radius 3 is 2.63 bits per heavy atom. The van der Waals surface area contributed by atoms with E-state index in [0.717, 1.165) is 0 Å². The highest BCUT2D eigenvalue weighted by Crippen LogP contribution is 2.23. The fourth-order valence-corrected chi connectivity index (χ4v) is 2.48. The van der Waals surface area contributed by atoms with Gasteiger partial charge in [-0.1, -0.05) is 16.7 Å². The van der Waals surface area contributed by atoms with Crippen molar-refractivity contribution in [1.29, 1.82) is 0 Å². The number of sulfonamides is 1. The minimum Gasteiger partial charge on any atom is -0.408 e. The Bertz CT molecular complexity index is 700. The van der Waals surface area contributed by atoms with Gasteiger partial charge >= 0.3 is 6.01 Å². The Morgan fingerprint density at radius 1 is 1.37 bits per heavy atom. The SMILES string of the molecule is CNc1ncc(S(=O)(=O)Nc2nnc(C)o2)cc1Cl. The monoisotopic (exact) mass is 303 g/mol. The molecule has 0 radical (unpaired) electrons. The van der Waals surface area contributed by atoms with Crippen LogP contribution < -0.4 is 10.0 Å². The first-order valence-electron chi connectivity index (χ1n) is 5.08. The van der Waals surface area contributed by atoms with Gasteiger partial charge in [0.1, 0.15) is 10.7 Å². The van der Waals surface area contributed by atoms with Gasteiger partial charge in [0, 0.05) is 20.2 Å². The van der Waals surface area contributed by atoms with Crippen molar-refractivity contribution in [1.82, 2.24) is 15.2 Å². The second-order valence-corrected chi connectivity index (χ2v) is 5.57. The van der Waals surface area contributed by atoms with E-state index in [0.29, 0.717) is 5.82 Å². The Kier molecular flexibility index (Phi) is 3.58. The van der Waals surface area contributed by atoms with Gasteiger partial charge in [0.05, 0.1) is 5.02 Å². The Morgan fingerprint density at radius 2 is 2.11 bits per heavy atom. The number of halogens is 1. The molecule has 2 heterocycles. The van der Waals surface area contributed by atoms with Crippen LogP contribution in [-0.2, 0) is 10.0 Å². The topological polar surface area (TPSA) is 110 Å². The van der Waals surface area contributed by atoms with Crippen LogP contribution in [0.5, 0.6) is 0 Å². The van der Waals surface area contributed by atoms with E-state index in [1.807, 2.05) is 0 Å². The van der Waals surface area contributed by atoms with Crippen molar-refractivity contribution in [2.45, 2.75) is 11.8 Å². The standard InChI is InChI=1S/C9H10ClN5O3S/c1-5-13-14-9(18-5)15-19(16,17)6-3-7(10)8(11-2)12-4-6/h3-4H,1-2H3,(H,11,12)(H,14,15). The predicted molar refractivity (Wildman–Crippen MR) is 68.6 cm³/mol. The molecule has 102 valence electrons. The van der Waals surface area contributed by atoms with E-state index < -0.39 is 10.0 Å². The second kappa shape index (κ2) is 5.02. The summed E-state index contributed by atoms with van der Waals surface area (Å²) in [6, 6.07) is 1.05. The molecule has 8 nitrogen and oxygen atoms in total. The molecule has 0 aromatic carbocycles. The van der Waals surface area contributed by atoms with E-state index in [4.69, 9.17) is 16.0 Å². The molecule has 0 amide bonds. The largest absolute Gasteiger partial charge is 0.408 e. The normalized spacial score (nSPS) is 11.3. The molecule has 0 saturated heterocycles. The number of rotatable bonds is 4. The molecule has 0 aliphatic rings. The summed E-state index contributed by atoms with van der Waals surface area (Å²) in [4.78, 5) is 3.78. The molecule has 0 bridgehead atoms. The highest BCUT2D eigenvalue weighted by molar-refractivity contribution is 7.92. The molecule has 0 saturated carbocycles. The minimum atomic E-state index is -3.87. The van der Waals surface area contributed by atoms with Crippen molar-refractivity contribution in [2.24, 2.45) is 0 Å². The first-order valence-corrected chi connectivity index (χ1v) is 6.94. The van der Waals surface area contributed by atoms with Crippen molar-refractivity contribution >= 4 is 33.5 Å². The maximum Gasteiger partial charge on any atom is 0.329 e. The minimum absolute atomic E-state index is 0.104. The number of hydrogen-bond donors (Lipinski definition) is 2. The van der Waals surface area contributed by atoms with Crippen molar-refractivity contribution in [2.75, 3.05) is 17.1 Å². The van der Waals surface area contributed by atoms with Crippen molar-refractivity contribution in [3.63, 3.8) is 0 Å². The molecule has 0 atom stereocenters. The van der Waals surface area contributed by atoms with Crippen LogP contribution in [0.25, 0.3) is 0 Å². The number of aryl methyl sites for hydroxylation is 1. The van der Waals surface area contributed by atoms with Crippen molar-refractivity contribution in [3.8, 4) is 0 Å². The van der Waals surface area contributed by atoms with Gasteiger partial charge in [0.15, 0.2) is 0 Å². The molecule has 2 N–H and O–H groups in total. The lowest BCUT2D eigenvalue weighted by molar-refractivity contribution is 0.534. The van der Waals surface area contributed by atoms with E-state index in [1.54, 1.807) is 14.0 Å². The van der Waals surface area contributed by atoms with E-state index in [2.05, 4.69) is 25.2 Å². The zero-order chi connectivity index (χ0) is 14.0. The van der Waals surface area contributed by atoms with Crippen molar-refractivity contribution < 1.29 is 12.8 Å². The number of hydrogen-bond acceptors (Lipinski definition) is 7. The van der Waals surface area contributed by atoms with Gasteiger partial charge in [-0.2, -0.15) is 0 Å². The third-order valence-electron chi connectivity index (χ3n) is 2.11. The lowest BCUT2D eigenvalue weighted by Crippen LogP contribution is -2.14. The van der Waals surface area contributed by atoms with Gasteiger partial charge in [-0.05, 0) is 6.07 Å². The van der Waals surface area contributed by atoms with Gasteiger partial charge in [-0.3, -0.25) is 0 Å². The molecule has 0 unspecified atom stereocenters. The summed E-state index contributed by atoms with van der Waals surface area (Å²) in [6.45, 7) is 1.55. The number of anilines is 2. The molecule has 10 heteroatoms. The van der Waals surface area contributed by atoms with Crippen LogP contribution in [-0.4, -0.2) is 30.6 Å². The molecular formula is C9H10ClN5O3S. The van der Waals surface area contributed by atoms with E-state index in [-0.39, 0.29) is 21.8 Å². The smallest absolute Gasteiger partial charge is 0.329 e. The quantitative estimate of drug-likeness (QED) is 0.875. The first-order chi connectivity index (χ1) is 8.92. The molecule has 0 spiro atoms. The van der Waals surface area contributed by atoms with Crippen molar-refractivity contribution in [3.05, 3.63) is 23.2 Å². The zero-order valence-corrected chi connectivity index (χ0v) is 11.6. The molecule has 0 aliphatic heterocycles. The molecule has 2 aromatic heterocycles. The lowest BCUT2D eigenvalue weighted by atomic mass is 10.4. The highest BCUT2D eigenvalue weighted by Gasteiger charge is 2.19. The summed E-state index contributed by atoms with van der Waals surface area (Å²) in [7, 11) is -2.24. The maximum atomic E-state index is 12.0. The summed E-state index contributed by atoms with van der Waals surface area (Å²) in [6.07, 6.45) is 1.17. The zero-order valence-electron chi connectivity index (χ0n) is 10.0.